The van der Waals surface area contributed by atoms with E-state index in [0.29, 0.717) is 0 Å². The number of benzene rings is 1. The molecule has 0 fully saturated rings. The van der Waals surface area contributed by atoms with Crippen LogP contribution in [-0.4, -0.2) is 11.1 Å². The molecule has 2 aromatic rings. The van der Waals surface area contributed by atoms with Gasteiger partial charge in [-0.15, -0.1) is 5.92 Å². The predicted molar refractivity (Wildman–Crippen MR) is 82.2 cm³/mol. The van der Waals surface area contributed by atoms with Gasteiger partial charge in [-0.05, 0) is 50.6 Å². The molecule has 1 aromatic carbocycles. The molecule has 0 aliphatic heterocycles. The average molecular weight is 254 g/mol. The van der Waals surface area contributed by atoms with Gasteiger partial charge in [-0.3, -0.25) is 0 Å². The van der Waals surface area contributed by atoms with Gasteiger partial charge in [-0.25, -0.2) is 0 Å². The van der Waals surface area contributed by atoms with Gasteiger partial charge in [0.15, 0.2) is 0 Å². The standard InChI is InChI=1S/C17H22N2/c1-5-7-10-19-14(4)13(3)16-11-15(12-18-6-2)8-9-17(16)19/h8-9,11,18H,6,10,12H2,1-4H3. The van der Waals surface area contributed by atoms with E-state index in [4.69, 9.17) is 0 Å². The number of hydrogen-bond acceptors (Lipinski definition) is 1. The molecule has 1 aromatic heterocycles. The number of rotatable bonds is 4. The molecule has 0 amide bonds. The van der Waals surface area contributed by atoms with Gasteiger partial charge < -0.3 is 9.88 Å². The summed E-state index contributed by atoms with van der Waals surface area (Å²) in [5, 5.41) is 4.73. The number of fused-ring (bicyclic) bond motifs is 1. The van der Waals surface area contributed by atoms with Crippen LogP contribution < -0.4 is 5.32 Å². The number of hydrogen-bond donors (Lipinski definition) is 1. The van der Waals surface area contributed by atoms with Crippen molar-refractivity contribution < 1.29 is 0 Å². The molecule has 0 radical (unpaired) electrons. The highest BCUT2D eigenvalue weighted by Crippen LogP contribution is 2.26. The van der Waals surface area contributed by atoms with Crippen LogP contribution >= 0.6 is 0 Å². The van der Waals surface area contributed by atoms with Crippen LogP contribution in [0.5, 0.6) is 0 Å². The van der Waals surface area contributed by atoms with Crippen molar-refractivity contribution in [1.29, 1.82) is 0 Å². The van der Waals surface area contributed by atoms with E-state index in [0.717, 1.165) is 19.6 Å². The van der Waals surface area contributed by atoms with Gasteiger partial charge in [0.05, 0.1) is 6.54 Å². The zero-order chi connectivity index (χ0) is 13.8. The van der Waals surface area contributed by atoms with Crippen LogP contribution in [0.1, 0.15) is 30.7 Å². The van der Waals surface area contributed by atoms with Crippen LogP contribution in [0, 0.1) is 25.7 Å². The first-order valence-corrected chi connectivity index (χ1v) is 6.87. The van der Waals surface area contributed by atoms with Gasteiger partial charge in [0.25, 0.3) is 0 Å². The molecule has 0 unspecified atom stereocenters. The van der Waals surface area contributed by atoms with Crippen molar-refractivity contribution in [3.05, 3.63) is 35.0 Å². The summed E-state index contributed by atoms with van der Waals surface area (Å²) in [6.07, 6.45) is 0. The first kappa shape index (κ1) is 13.7. The fourth-order valence-corrected chi connectivity index (χ4v) is 2.44. The fraction of sp³-hybridized carbons (Fsp3) is 0.412. The van der Waals surface area contributed by atoms with E-state index in [1.54, 1.807) is 0 Å². The Bertz CT molecular complexity index is 639. The minimum Gasteiger partial charge on any atom is -0.333 e. The molecule has 19 heavy (non-hydrogen) atoms. The molecule has 1 heterocycles. The van der Waals surface area contributed by atoms with Crippen molar-refractivity contribution in [2.75, 3.05) is 6.54 Å². The summed E-state index contributed by atoms with van der Waals surface area (Å²) in [5.41, 5.74) is 5.32. The first-order chi connectivity index (χ1) is 9.19. The third-order valence-electron chi connectivity index (χ3n) is 3.70. The maximum atomic E-state index is 3.38. The van der Waals surface area contributed by atoms with Crippen LogP contribution in [-0.2, 0) is 13.1 Å². The first-order valence-electron chi connectivity index (χ1n) is 6.87. The maximum absolute atomic E-state index is 3.38. The zero-order valence-electron chi connectivity index (χ0n) is 12.3. The van der Waals surface area contributed by atoms with Crippen LogP contribution in [0.2, 0.25) is 0 Å². The van der Waals surface area contributed by atoms with Crippen molar-refractivity contribution in [1.82, 2.24) is 9.88 Å². The molecular formula is C17H22N2. The summed E-state index contributed by atoms with van der Waals surface area (Å²) in [7, 11) is 0. The summed E-state index contributed by atoms with van der Waals surface area (Å²) in [5.74, 6) is 6.14. The Morgan fingerprint density at radius 1 is 1.26 bits per heavy atom. The second kappa shape index (κ2) is 5.95. The summed E-state index contributed by atoms with van der Waals surface area (Å²) >= 11 is 0. The smallest absolute Gasteiger partial charge is 0.0840 e. The van der Waals surface area contributed by atoms with Gasteiger partial charge in [-0.1, -0.05) is 18.9 Å². The van der Waals surface area contributed by atoms with Crippen molar-refractivity contribution in [3.63, 3.8) is 0 Å². The Balaban J connectivity index is 2.48. The summed E-state index contributed by atoms with van der Waals surface area (Å²) in [6.45, 7) is 11.1. The van der Waals surface area contributed by atoms with Crippen molar-refractivity contribution in [2.24, 2.45) is 0 Å². The Morgan fingerprint density at radius 2 is 2.05 bits per heavy atom. The molecule has 2 heteroatoms. The second-order valence-corrected chi connectivity index (χ2v) is 4.86. The van der Waals surface area contributed by atoms with E-state index < -0.39 is 0 Å². The van der Waals surface area contributed by atoms with E-state index in [1.807, 2.05) is 6.92 Å². The molecule has 100 valence electrons. The average Bonchev–Trinajstić information content (AvgIpc) is 2.67. The molecule has 2 rings (SSSR count). The van der Waals surface area contributed by atoms with Crippen LogP contribution in [0.15, 0.2) is 18.2 Å². The molecule has 0 bridgehead atoms. The molecule has 0 saturated heterocycles. The van der Waals surface area contributed by atoms with Crippen LogP contribution in [0.3, 0.4) is 0 Å². The monoisotopic (exact) mass is 254 g/mol. The Kier molecular flexibility index (Phi) is 4.29. The highest BCUT2D eigenvalue weighted by atomic mass is 15.0. The Labute approximate surface area is 115 Å². The Hall–Kier alpha value is -1.72. The molecule has 0 aliphatic carbocycles. The topological polar surface area (TPSA) is 17.0 Å². The van der Waals surface area contributed by atoms with Crippen molar-refractivity contribution in [3.8, 4) is 11.8 Å². The lowest BCUT2D eigenvalue weighted by Crippen LogP contribution is -2.11. The predicted octanol–water partition coefficient (Wildman–Crippen LogP) is 3.39. The largest absolute Gasteiger partial charge is 0.333 e. The zero-order valence-corrected chi connectivity index (χ0v) is 12.3. The maximum Gasteiger partial charge on any atom is 0.0840 e. The minimum absolute atomic E-state index is 0.777. The van der Waals surface area contributed by atoms with E-state index in [2.05, 4.69) is 60.7 Å². The third-order valence-corrected chi connectivity index (χ3v) is 3.70. The van der Waals surface area contributed by atoms with Gasteiger partial charge in [0.1, 0.15) is 0 Å². The highest BCUT2D eigenvalue weighted by Gasteiger charge is 2.10. The molecule has 0 spiro atoms. The van der Waals surface area contributed by atoms with Gasteiger partial charge in [0.2, 0.25) is 0 Å². The molecular weight excluding hydrogens is 232 g/mol. The lowest BCUT2D eigenvalue weighted by Gasteiger charge is -2.05. The summed E-state index contributed by atoms with van der Waals surface area (Å²) < 4.78 is 2.30. The van der Waals surface area contributed by atoms with Crippen LogP contribution in [0.25, 0.3) is 10.9 Å². The van der Waals surface area contributed by atoms with E-state index in [1.165, 1.54) is 27.7 Å². The second-order valence-electron chi connectivity index (χ2n) is 4.86. The van der Waals surface area contributed by atoms with Crippen LogP contribution in [0.4, 0.5) is 0 Å². The van der Waals surface area contributed by atoms with E-state index in [9.17, 15) is 0 Å². The van der Waals surface area contributed by atoms with E-state index in [-0.39, 0.29) is 0 Å². The number of nitrogens with zero attached hydrogens (tertiary/aromatic N) is 1. The highest BCUT2D eigenvalue weighted by molar-refractivity contribution is 5.86. The summed E-state index contributed by atoms with van der Waals surface area (Å²) in [4.78, 5) is 0. The molecule has 2 nitrogen and oxygen atoms in total. The fourth-order valence-electron chi connectivity index (χ4n) is 2.44. The molecule has 1 N–H and O–H groups in total. The van der Waals surface area contributed by atoms with Crippen molar-refractivity contribution in [2.45, 2.75) is 40.8 Å². The minimum atomic E-state index is 0.777. The molecule has 0 aliphatic rings. The van der Waals surface area contributed by atoms with Gasteiger partial charge in [0, 0.05) is 23.1 Å². The number of nitrogens with one attached hydrogen (secondary N) is 1. The third kappa shape index (κ3) is 2.67. The number of aryl methyl sites for hydroxylation is 1. The SMILES string of the molecule is CC#CCn1c(C)c(C)c2cc(CNCC)ccc21. The quantitative estimate of drug-likeness (QED) is 0.828. The summed E-state index contributed by atoms with van der Waals surface area (Å²) in [6, 6.07) is 6.73. The molecule has 0 saturated carbocycles. The lowest BCUT2D eigenvalue weighted by atomic mass is 10.1. The molecule has 0 atom stereocenters. The van der Waals surface area contributed by atoms with Crippen molar-refractivity contribution >= 4 is 10.9 Å². The Morgan fingerprint density at radius 3 is 2.74 bits per heavy atom. The van der Waals surface area contributed by atoms with Gasteiger partial charge in [-0.2, -0.15) is 0 Å². The number of aromatic nitrogens is 1. The normalized spacial score (nSPS) is 10.5. The lowest BCUT2D eigenvalue weighted by molar-refractivity contribution is 0.727. The van der Waals surface area contributed by atoms with E-state index >= 15 is 0 Å². The van der Waals surface area contributed by atoms with Gasteiger partial charge >= 0.3 is 0 Å².